The first-order chi connectivity index (χ1) is 7.83. The molecule has 2 bridgehead atoms. The second-order valence-corrected chi connectivity index (χ2v) is 7.79. The smallest absolute Gasteiger partial charge is 0.121 e. The maximum atomic E-state index is 6.70. The zero-order valence-electron chi connectivity index (χ0n) is 11.5. The Labute approximate surface area is 104 Å². The van der Waals surface area contributed by atoms with Crippen molar-refractivity contribution in [3.8, 4) is 0 Å². The monoisotopic (exact) mass is 236 g/mol. The van der Waals surface area contributed by atoms with Crippen molar-refractivity contribution >= 4 is 0 Å². The zero-order chi connectivity index (χ0) is 12.1. The Hall–Kier alpha value is -0.0800. The number of ether oxygens (including phenoxy) is 2. The fraction of sp³-hybridized carbons (Fsp3) is 1.00. The molecule has 2 aliphatic carbocycles. The Morgan fingerprint density at radius 2 is 1.71 bits per heavy atom. The van der Waals surface area contributed by atoms with E-state index in [0.29, 0.717) is 11.5 Å². The van der Waals surface area contributed by atoms with Gasteiger partial charge in [0.1, 0.15) is 11.2 Å². The van der Waals surface area contributed by atoms with Gasteiger partial charge in [-0.25, -0.2) is 0 Å². The molecule has 2 heterocycles. The van der Waals surface area contributed by atoms with E-state index in [0.717, 1.165) is 5.92 Å². The van der Waals surface area contributed by atoms with Crippen LogP contribution in [-0.4, -0.2) is 22.9 Å². The van der Waals surface area contributed by atoms with Gasteiger partial charge in [-0.1, -0.05) is 6.92 Å². The van der Waals surface area contributed by atoms with E-state index >= 15 is 0 Å². The average molecular weight is 236 g/mol. The molecule has 0 aromatic carbocycles. The molecule has 0 radical (unpaired) electrons. The molecule has 2 saturated heterocycles. The molecular weight excluding hydrogens is 212 g/mol. The van der Waals surface area contributed by atoms with Crippen molar-refractivity contribution in [3.63, 3.8) is 0 Å². The lowest BCUT2D eigenvalue weighted by molar-refractivity contribution is -0.189. The standard InChI is InChI=1S/C15H24O2/c1-12(2)10-5-7-13(3)8-6-11-14(4,16-11)15(13,9-10)17-12/h10-11H,5-9H2,1-4H3/t10-,11+,13-,14+,15-/m0/s1. The van der Waals surface area contributed by atoms with Gasteiger partial charge in [-0.15, -0.1) is 0 Å². The molecule has 0 N–H and O–H groups in total. The van der Waals surface area contributed by atoms with Crippen LogP contribution in [0.25, 0.3) is 0 Å². The molecule has 17 heavy (non-hydrogen) atoms. The number of fused-ring (bicyclic) bond motifs is 2. The minimum absolute atomic E-state index is 0.00926. The minimum Gasteiger partial charge on any atom is -0.365 e. The summed E-state index contributed by atoms with van der Waals surface area (Å²) in [4.78, 5) is 0. The summed E-state index contributed by atoms with van der Waals surface area (Å²) in [6.07, 6.45) is 6.89. The molecule has 2 heteroatoms. The molecule has 4 fully saturated rings. The molecule has 2 saturated carbocycles. The highest BCUT2D eigenvalue weighted by atomic mass is 16.7. The van der Waals surface area contributed by atoms with E-state index in [1.165, 1.54) is 32.1 Å². The molecule has 0 amide bonds. The molecule has 1 spiro atoms. The highest BCUT2D eigenvalue weighted by Gasteiger charge is 2.79. The topological polar surface area (TPSA) is 21.8 Å². The fourth-order valence-electron chi connectivity index (χ4n) is 5.31. The summed E-state index contributed by atoms with van der Waals surface area (Å²) < 4.78 is 12.8. The summed E-state index contributed by atoms with van der Waals surface area (Å²) in [5.41, 5.74) is 0.426. The van der Waals surface area contributed by atoms with Crippen LogP contribution < -0.4 is 0 Å². The molecule has 4 rings (SSSR count). The molecule has 0 aromatic heterocycles. The van der Waals surface area contributed by atoms with Gasteiger partial charge in [0.25, 0.3) is 0 Å². The zero-order valence-corrected chi connectivity index (χ0v) is 11.5. The number of rotatable bonds is 0. The van der Waals surface area contributed by atoms with Crippen molar-refractivity contribution in [1.82, 2.24) is 0 Å². The molecular formula is C15H24O2. The third-order valence-electron chi connectivity index (χ3n) is 6.68. The number of epoxide rings is 1. The Bertz CT molecular complexity index is 390. The average Bonchev–Trinajstić information content (AvgIpc) is 2.84. The van der Waals surface area contributed by atoms with Crippen LogP contribution in [0.1, 0.15) is 59.8 Å². The Balaban J connectivity index is 1.86. The summed E-state index contributed by atoms with van der Waals surface area (Å²) in [6.45, 7) is 9.33. The van der Waals surface area contributed by atoms with E-state index < -0.39 is 0 Å². The Morgan fingerprint density at radius 3 is 2.47 bits per heavy atom. The van der Waals surface area contributed by atoms with Crippen molar-refractivity contribution in [2.75, 3.05) is 0 Å². The lowest BCUT2D eigenvalue weighted by atomic mass is 9.52. The lowest BCUT2D eigenvalue weighted by Gasteiger charge is -2.53. The van der Waals surface area contributed by atoms with Crippen LogP contribution in [0.3, 0.4) is 0 Å². The quantitative estimate of drug-likeness (QED) is 0.602. The predicted molar refractivity (Wildman–Crippen MR) is 65.9 cm³/mol. The molecule has 0 aromatic rings. The van der Waals surface area contributed by atoms with E-state index in [1.54, 1.807) is 0 Å². The summed E-state index contributed by atoms with van der Waals surface area (Å²) in [7, 11) is 0. The van der Waals surface area contributed by atoms with Crippen molar-refractivity contribution in [2.24, 2.45) is 11.3 Å². The van der Waals surface area contributed by atoms with Gasteiger partial charge in [0.05, 0.1) is 11.7 Å². The van der Waals surface area contributed by atoms with Gasteiger partial charge in [0.15, 0.2) is 0 Å². The fourth-order valence-corrected chi connectivity index (χ4v) is 5.31. The first kappa shape index (κ1) is 10.8. The molecule has 0 unspecified atom stereocenters. The van der Waals surface area contributed by atoms with Crippen LogP contribution in [0.5, 0.6) is 0 Å². The van der Waals surface area contributed by atoms with E-state index in [1.807, 2.05) is 0 Å². The summed E-state index contributed by atoms with van der Waals surface area (Å²) >= 11 is 0. The van der Waals surface area contributed by atoms with Gasteiger partial charge in [-0.05, 0) is 64.2 Å². The predicted octanol–water partition coefficient (Wildman–Crippen LogP) is 3.29. The number of hydrogen-bond donors (Lipinski definition) is 0. The number of hydrogen-bond acceptors (Lipinski definition) is 2. The van der Waals surface area contributed by atoms with Crippen LogP contribution in [0.2, 0.25) is 0 Å². The third kappa shape index (κ3) is 0.986. The molecule has 2 nitrogen and oxygen atoms in total. The summed E-state index contributed by atoms with van der Waals surface area (Å²) in [5.74, 6) is 0.732. The van der Waals surface area contributed by atoms with Gasteiger partial charge in [0, 0.05) is 0 Å². The largest absolute Gasteiger partial charge is 0.365 e. The normalized spacial score (nSPS) is 62.8. The van der Waals surface area contributed by atoms with E-state index in [-0.39, 0.29) is 16.8 Å². The van der Waals surface area contributed by atoms with Crippen LogP contribution in [0.15, 0.2) is 0 Å². The Morgan fingerprint density at radius 1 is 1.00 bits per heavy atom. The maximum absolute atomic E-state index is 6.70. The second-order valence-electron chi connectivity index (χ2n) is 7.79. The van der Waals surface area contributed by atoms with Gasteiger partial charge >= 0.3 is 0 Å². The third-order valence-corrected chi connectivity index (χ3v) is 6.68. The summed E-state index contributed by atoms with van der Waals surface area (Å²) in [6, 6.07) is 0. The highest BCUT2D eigenvalue weighted by molar-refractivity contribution is 5.28. The van der Waals surface area contributed by atoms with Crippen LogP contribution in [0, 0.1) is 11.3 Å². The van der Waals surface area contributed by atoms with E-state index in [2.05, 4.69) is 27.7 Å². The van der Waals surface area contributed by atoms with Crippen molar-refractivity contribution in [2.45, 2.75) is 82.7 Å². The van der Waals surface area contributed by atoms with Crippen molar-refractivity contribution in [1.29, 1.82) is 0 Å². The highest BCUT2D eigenvalue weighted by Crippen LogP contribution is 2.72. The van der Waals surface area contributed by atoms with Gasteiger partial charge in [-0.2, -0.15) is 0 Å². The minimum atomic E-state index is 0.00926. The van der Waals surface area contributed by atoms with Crippen LogP contribution >= 0.6 is 0 Å². The summed E-state index contributed by atoms with van der Waals surface area (Å²) in [5, 5.41) is 0. The molecule has 4 aliphatic rings. The second kappa shape index (κ2) is 2.60. The molecule has 5 atom stereocenters. The van der Waals surface area contributed by atoms with Gasteiger partial charge < -0.3 is 9.47 Å². The van der Waals surface area contributed by atoms with E-state index in [4.69, 9.17) is 9.47 Å². The Kier molecular flexibility index (Phi) is 1.65. The van der Waals surface area contributed by atoms with Crippen molar-refractivity contribution < 1.29 is 9.47 Å². The van der Waals surface area contributed by atoms with Gasteiger partial charge in [-0.3, -0.25) is 0 Å². The maximum Gasteiger partial charge on any atom is 0.121 e. The van der Waals surface area contributed by atoms with Crippen molar-refractivity contribution in [3.05, 3.63) is 0 Å². The van der Waals surface area contributed by atoms with Crippen LogP contribution in [0.4, 0.5) is 0 Å². The molecule has 2 aliphatic heterocycles. The van der Waals surface area contributed by atoms with Crippen LogP contribution in [-0.2, 0) is 9.47 Å². The SMILES string of the molecule is CC1(C)O[C@@]23C[C@@H]1CC[C@@]2(C)CC[C@H]1O[C@]13C. The first-order valence-electron chi connectivity index (χ1n) is 7.21. The van der Waals surface area contributed by atoms with Gasteiger partial charge in [0.2, 0.25) is 0 Å². The molecule has 96 valence electrons. The lowest BCUT2D eigenvalue weighted by Crippen LogP contribution is -2.60. The van der Waals surface area contributed by atoms with E-state index in [9.17, 15) is 0 Å². The first-order valence-corrected chi connectivity index (χ1v) is 7.21.